The number of aryl methyl sites for hydroxylation is 1. The monoisotopic (exact) mass is 290 g/mol. The van der Waals surface area contributed by atoms with Crippen LogP contribution in [0.3, 0.4) is 0 Å². The van der Waals surface area contributed by atoms with E-state index in [2.05, 4.69) is 5.32 Å². The van der Waals surface area contributed by atoms with Crippen molar-refractivity contribution in [1.29, 1.82) is 0 Å². The molecule has 2 rings (SSSR count). The number of nitrogens with zero attached hydrogens (tertiary/aromatic N) is 1. The molecule has 5 heteroatoms. The molecule has 1 atom stereocenters. The number of hydrogen-bond donors (Lipinski definition) is 1. The second kappa shape index (κ2) is 6.61. The van der Waals surface area contributed by atoms with Crippen molar-refractivity contribution in [2.75, 3.05) is 20.7 Å². The van der Waals surface area contributed by atoms with Crippen LogP contribution in [0.5, 0.6) is 5.75 Å². The van der Waals surface area contributed by atoms with Gasteiger partial charge in [0, 0.05) is 26.1 Å². The van der Waals surface area contributed by atoms with Crippen LogP contribution in [-0.2, 0) is 4.79 Å². The van der Waals surface area contributed by atoms with Gasteiger partial charge in [0.15, 0.2) is 0 Å². The van der Waals surface area contributed by atoms with Crippen molar-refractivity contribution in [2.24, 2.45) is 0 Å². The summed E-state index contributed by atoms with van der Waals surface area (Å²) in [5.74, 6) is 0.585. The Morgan fingerprint density at radius 1 is 1.38 bits per heavy atom. The minimum absolute atomic E-state index is 0.0238. The summed E-state index contributed by atoms with van der Waals surface area (Å²) in [6.45, 7) is 2.57. The SMILES string of the molecule is COc1cccc(C)c1C(=O)NC1CCC(=O)N(C)CC1. The van der Waals surface area contributed by atoms with Gasteiger partial charge in [-0.1, -0.05) is 12.1 Å². The number of rotatable bonds is 3. The van der Waals surface area contributed by atoms with E-state index in [0.29, 0.717) is 30.7 Å². The molecule has 2 amide bonds. The maximum atomic E-state index is 12.5. The largest absolute Gasteiger partial charge is 0.496 e. The summed E-state index contributed by atoms with van der Waals surface area (Å²) < 4.78 is 5.27. The summed E-state index contributed by atoms with van der Waals surface area (Å²) in [6.07, 6.45) is 1.94. The molecular weight excluding hydrogens is 268 g/mol. The number of hydrogen-bond acceptors (Lipinski definition) is 3. The van der Waals surface area contributed by atoms with Crippen LogP contribution >= 0.6 is 0 Å². The number of ether oxygens (including phenoxy) is 1. The Morgan fingerprint density at radius 3 is 2.86 bits per heavy atom. The van der Waals surface area contributed by atoms with Gasteiger partial charge in [-0.3, -0.25) is 9.59 Å². The zero-order chi connectivity index (χ0) is 15.4. The third-order valence-corrected chi connectivity index (χ3v) is 3.96. The average Bonchev–Trinajstić information content (AvgIpc) is 2.62. The lowest BCUT2D eigenvalue weighted by atomic mass is 10.0. The second-order valence-corrected chi connectivity index (χ2v) is 5.47. The van der Waals surface area contributed by atoms with Crippen molar-refractivity contribution in [3.63, 3.8) is 0 Å². The van der Waals surface area contributed by atoms with Gasteiger partial charge in [-0.15, -0.1) is 0 Å². The first-order chi connectivity index (χ1) is 10.0. The van der Waals surface area contributed by atoms with Crippen LogP contribution in [0.2, 0.25) is 0 Å². The van der Waals surface area contributed by atoms with E-state index < -0.39 is 0 Å². The van der Waals surface area contributed by atoms with Crippen molar-refractivity contribution in [3.8, 4) is 5.75 Å². The first kappa shape index (κ1) is 15.4. The lowest BCUT2D eigenvalue weighted by Crippen LogP contribution is -2.36. The van der Waals surface area contributed by atoms with Gasteiger partial charge in [0.05, 0.1) is 12.7 Å². The number of methoxy groups -OCH3 is 1. The van der Waals surface area contributed by atoms with Crippen LogP contribution in [0.15, 0.2) is 18.2 Å². The normalized spacial score (nSPS) is 19.1. The van der Waals surface area contributed by atoms with E-state index in [1.165, 1.54) is 0 Å². The van der Waals surface area contributed by atoms with E-state index in [9.17, 15) is 9.59 Å². The topological polar surface area (TPSA) is 58.6 Å². The molecule has 1 aliphatic heterocycles. The molecule has 114 valence electrons. The van der Waals surface area contributed by atoms with Gasteiger partial charge in [-0.05, 0) is 31.4 Å². The number of nitrogens with one attached hydrogen (secondary N) is 1. The zero-order valence-electron chi connectivity index (χ0n) is 12.8. The van der Waals surface area contributed by atoms with Gasteiger partial charge in [-0.25, -0.2) is 0 Å². The molecule has 0 saturated carbocycles. The molecule has 0 aliphatic carbocycles. The van der Waals surface area contributed by atoms with E-state index in [4.69, 9.17) is 4.74 Å². The Kier molecular flexibility index (Phi) is 4.83. The molecule has 1 aromatic carbocycles. The fourth-order valence-electron chi connectivity index (χ4n) is 2.61. The summed E-state index contributed by atoms with van der Waals surface area (Å²) in [5, 5.41) is 3.03. The average molecular weight is 290 g/mol. The van der Waals surface area contributed by atoms with Crippen molar-refractivity contribution in [2.45, 2.75) is 32.2 Å². The van der Waals surface area contributed by atoms with Gasteiger partial charge in [-0.2, -0.15) is 0 Å². The Morgan fingerprint density at radius 2 is 2.14 bits per heavy atom. The van der Waals surface area contributed by atoms with Crippen molar-refractivity contribution in [3.05, 3.63) is 29.3 Å². The van der Waals surface area contributed by atoms with Gasteiger partial charge in [0.2, 0.25) is 5.91 Å². The summed E-state index contributed by atoms with van der Waals surface area (Å²) in [6, 6.07) is 5.56. The number of carbonyl (C=O) groups is 2. The molecule has 1 aliphatic rings. The first-order valence-corrected chi connectivity index (χ1v) is 7.21. The van der Waals surface area contributed by atoms with Crippen LogP contribution in [0.25, 0.3) is 0 Å². The van der Waals surface area contributed by atoms with E-state index in [1.807, 2.05) is 19.1 Å². The van der Waals surface area contributed by atoms with Gasteiger partial charge >= 0.3 is 0 Å². The number of carbonyl (C=O) groups excluding carboxylic acids is 2. The fourth-order valence-corrected chi connectivity index (χ4v) is 2.61. The van der Waals surface area contributed by atoms with Gasteiger partial charge in [0.25, 0.3) is 5.91 Å². The van der Waals surface area contributed by atoms with Crippen molar-refractivity contribution < 1.29 is 14.3 Å². The lowest BCUT2D eigenvalue weighted by molar-refractivity contribution is -0.129. The molecule has 1 heterocycles. The minimum Gasteiger partial charge on any atom is -0.496 e. The quantitative estimate of drug-likeness (QED) is 0.922. The van der Waals surface area contributed by atoms with E-state index >= 15 is 0 Å². The molecule has 21 heavy (non-hydrogen) atoms. The summed E-state index contributed by atoms with van der Waals surface area (Å²) in [7, 11) is 3.36. The maximum Gasteiger partial charge on any atom is 0.255 e. The van der Waals surface area contributed by atoms with Gasteiger partial charge in [0.1, 0.15) is 5.75 Å². The van der Waals surface area contributed by atoms with Gasteiger partial charge < -0.3 is 15.0 Å². The van der Waals surface area contributed by atoms with Crippen molar-refractivity contribution >= 4 is 11.8 Å². The molecule has 1 saturated heterocycles. The van der Waals surface area contributed by atoms with E-state index in [-0.39, 0.29) is 17.9 Å². The molecule has 1 N–H and O–H groups in total. The second-order valence-electron chi connectivity index (χ2n) is 5.47. The molecular formula is C16H22N2O3. The van der Waals surface area contributed by atoms with Crippen molar-refractivity contribution in [1.82, 2.24) is 10.2 Å². The van der Waals surface area contributed by atoms with E-state index in [1.54, 1.807) is 25.1 Å². The fraction of sp³-hybridized carbons (Fsp3) is 0.500. The number of benzene rings is 1. The maximum absolute atomic E-state index is 12.5. The molecule has 0 radical (unpaired) electrons. The summed E-state index contributed by atoms with van der Waals surface area (Å²) in [4.78, 5) is 25.9. The standard InChI is InChI=1S/C16H22N2O3/c1-11-5-4-6-13(21-3)15(11)16(20)17-12-7-8-14(19)18(2)10-9-12/h4-6,12H,7-10H2,1-3H3,(H,17,20). The van der Waals surface area contributed by atoms with Crippen LogP contribution in [0.4, 0.5) is 0 Å². The smallest absolute Gasteiger partial charge is 0.255 e. The predicted molar refractivity (Wildman–Crippen MR) is 80.5 cm³/mol. The minimum atomic E-state index is -0.132. The Balaban J connectivity index is 2.10. The highest BCUT2D eigenvalue weighted by atomic mass is 16.5. The molecule has 1 aromatic rings. The van der Waals surface area contributed by atoms with Crippen LogP contribution in [-0.4, -0.2) is 43.5 Å². The number of likely N-dealkylation sites (tertiary alicyclic amines) is 1. The van der Waals surface area contributed by atoms with Crippen LogP contribution in [0.1, 0.15) is 35.2 Å². The third-order valence-electron chi connectivity index (χ3n) is 3.96. The molecule has 1 fully saturated rings. The predicted octanol–water partition coefficient (Wildman–Crippen LogP) is 1.74. The molecule has 0 spiro atoms. The highest BCUT2D eigenvalue weighted by Gasteiger charge is 2.23. The highest BCUT2D eigenvalue weighted by Crippen LogP contribution is 2.22. The van der Waals surface area contributed by atoms with Crippen LogP contribution in [0, 0.1) is 6.92 Å². The van der Waals surface area contributed by atoms with E-state index in [0.717, 1.165) is 12.0 Å². The van der Waals surface area contributed by atoms with Crippen LogP contribution < -0.4 is 10.1 Å². The zero-order valence-corrected chi connectivity index (χ0v) is 12.8. The molecule has 1 unspecified atom stereocenters. The first-order valence-electron chi connectivity index (χ1n) is 7.21. The Bertz CT molecular complexity index is 542. The lowest BCUT2D eigenvalue weighted by Gasteiger charge is -2.18. The number of amides is 2. The molecule has 0 aromatic heterocycles. The molecule has 0 bridgehead atoms. The Labute approximate surface area is 125 Å². The highest BCUT2D eigenvalue weighted by molar-refractivity contribution is 5.98. The third kappa shape index (κ3) is 3.54. The summed E-state index contributed by atoms with van der Waals surface area (Å²) >= 11 is 0. The summed E-state index contributed by atoms with van der Waals surface area (Å²) in [5.41, 5.74) is 1.46. The molecule has 5 nitrogen and oxygen atoms in total. The Hall–Kier alpha value is -2.04.